The second-order valence-electron chi connectivity index (χ2n) is 7.93. The number of para-hydroxylation sites is 2. The van der Waals surface area contributed by atoms with Crippen molar-refractivity contribution in [2.75, 3.05) is 38.0 Å². The first kappa shape index (κ1) is 20.7. The first-order valence-electron chi connectivity index (χ1n) is 10.3. The van der Waals surface area contributed by atoms with Gasteiger partial charge in [-0.25, -0.2) is 0 Å². The Hall–Kier alpha value is -2.57. The molecule has 2 aliphatic heterocycles. The van der Waals surface area contributed by atoms with Crippen molar-refractivity contribution in [2.24, 2.45) is 0 Å². The number of nitrogens with zero attached hydrogens (tertiary/aromatic N) is 2. The number of hydrogen-bond donors (Lipinski definition) is 1. The summed E-state index contributed by atoms with van der Waals surface area (Å²) in [5.74, 6) is 0.888. The molecule has 2 heterocycles. The molecule has 30 heavy (non-hydrogen) atoms. The minimum Gasteiger partial charge on any atom is -0.489 e. The van der Waals surface area contributed by atoms with Gasteiger partial charge in [-0.2, -0.15) is 0 Å². The second-order valence-corrected chi connectivity index (χ2v) is 8.34. The molecule has 2 aromatic carbocycles. The summed E-state index contributed by atoms with van der Waals surface area (Å²) in [5.41, 5.74) is 2.34. The number of carbonyl (C=O) groups excluding carboxylic acids is 2. The third-order valence-corrected chi connectivity index (χ3v) is 6.28. The van der Waals surface area contributed by atoms with E-state index in [4.69, 9.17) is 16.3 Å². The first-order chi connectivity index (χ1) is 14.4. The molecule has 6 nitrogen and oxygen atoms in total. The molecule has 7 heteroatoms. The summed E-state index contributed by atoms with van der Waals surface area (Å²) >= 11 is 6.10. The highest BCUT2D eigenvalue weighted by Crippen LogP contribution is 2.40. The van der Waals surface area contributed by atoms with Crippen LogP contribution in [-0.4, -0.2) is 60.4 Å². The molecule has 0 spiro atoms. The number of nitrogens with one attached hydrogen (secondary N) is 1. The normalized spacial score (nSPS) is 21.1. The molecule has 0 saturated carbocycles. The Bertz CT molecular complexity index is 956. The van der Waals surface area contributed by atoms with E-state index in [1.807, 2.05) is 47.1 Å². The van der Waals surface area contributed by atoms with Gasteiger partial charge in [0.05, 0.1) is 22.8 Å². The summed E-state index contributed by atoms with van der Waals surface area (Å²) in [6.45, 7) is 6.86. The quantitative estimate of drug-likeness (QED) is 0.809. The average molecular weight is 428 g/mol. The molecular formula is C23H26ClN3O3. The van der Waals surface area contributed by atoms with Crippen molar-refractivity contribution in [3.63, 3.8) is 0 Å². The van der Waals surface area contributed by atoms with Crippen molar-refractivity contribution in [1.29, 1.82) is 0 Å². The molecule has 2 aromatic rings. The molecule has 1 N–H and O–H groups in total. The molecule has 4 rings (SSSR count). The molecule has 1 saturated heterocycles. The van der Waals surface area contributed by atoms with Crippen molar-refractivity contribution in [3.05, 3.63) is 58.6 Å². The number of halogens is 1. The Balaban J connectivity index is 1.34. The van der Waals surface area contributed by atoms with Gasteiger partial charge in [0.2, 0.25) is 5.91 Å². The second kappa shape index (κ2) is 8.66. The number of amides is 2. The zero-order valence-electron chi connectivity index (χ0n) is 17.2. The maximum absolute atomic E-state index is 13.1. The predicted molar refractivity (Wildman–Crippen MR) is 117 cm³/mol. The van der Waals surface area contributed by atoms with Crippen LogP contribution in [0.1, 0.15) is 35.7 Å². The molecule has 2 amide bonds. The smallest absolute Gasteiger partial charge is 0.257 e. The van der Waals surface area contributed by atoms with Gasteiger partial charge >= 0.3 is 0 Å². The zero-order chi connectivity index (χ0) is 21.3. The molecule has 1 fully saturated rings. The number of hydrogen-bond acceptors (Lipinski definition) is 4. The predicted octanol–water partition coefficient (Wildman–Crippen LogP) is 3.62. The van der Waals surface area contributed by atoms with Gasteiger partial charge in [0, 0.05) is 37.7 Å². The van der Waals surface area contributed by atoms with Gasteiger partial charge in [0.1, 0.15) is 11.9 Å². The van der Waals surface area contributed by atoms with E-state index in [-0.39, 0.29) is 30.4 Å². The van der Waals surface area contributed by atoms with E-state index in [1.54, 1.807) is 12.1 Å². The lowest BCUT2D eigenvalue weighted by Gasteiger charge is -2.34. The Morgan fingerprint density at radius 1 is 1.07 bits per heavy atom. The van der Waals surface area contributed by atoms with Crippen LogP contribution in [0.3, 0.4) is 0 Å². The van der Waals surface area contributed by atoms with Crippen LogP contribution in [0.4, 0.5) is 5.69 Å². The topological polar surface area (TPSA) is 61.9 Å². The van der Waals surface area contributed by atoms with Crippen molar-refractivity contribution in [3.8, 4) is 5.75 Å². The number of rotatable bonds is 4. The Kier molecular flexibility index (Phi) is 5.97. The summed E-state index contributed by atoms with van der Waals surface area (Å²) in [5, 5.41) is 3.36. The number of ether oxygens (including phenoxy) is 1. The molecule has 0 unspecified atom stereocenters. The van der Waals surface area contributed by atoms with E-state index in [0.29, 0.717) is 42.5 Å². The lowest BCUT2D eigenvalue weighted by Crippen LogP contribution is -2.50. The van der Waals surface area contributed by atoms with E-state index in [1.165, 1.54) is 0 Å². The van der Waals surface area contributed by atoms with E-state index in [0.717, 1.165) is 11.3 Å². The van der Waals surface area contributed by atoms with Crippen molar-refractivity contribution >= 4 is 29.1 Å². The standard InChI is InChI=1S/C23H26ClN3O3/c1-15-16(2)30-22-17(15)6-5-7-18(22)23(29)27-12-10-26(11-13-27)14-21(28)25-20-9-4-3-8-19(20)24/h3-9,15-16H,10-14H2,1-2H3,(H,25,28)/t15-,16+/m0/s1. The summed E-state index contributed by atoms with van der Waals surface area (Å²) in [4.78, 5) is 29.4. The highest BCUT2D eigenvalue weighted by atomic mass is 35.5. The lowest BCUT2D eigenvalue weighted by molar-refractivity contribution is -0.117. The van der Waals surface area contributed by atoms with Crippen LogP contribution in [0.25, 0.3) is 0 Å². The van der Waals surface area contributed by atoms with E-state index in [2.05, 4.69) is 12.2 Å². The summed E-state index contributed by atoms with van der Waals surface area (Å²) in [6.07, 6.45) is 0.0717. The number of carbonyl (C=O) groups is 2. The van der Waals surface area contributed by atoms with Crippen LogP contribution < -0.4 is 10.1 Å². The van der Waals surface area contributed by atoms with E-state index < -0.39 is 0 Å². The molecular weight excluding hydrogens is 402 g/mol. The molecule has 2 atom stereocenters. The number of fused-ring (bicyclic) bond motifs is 1. The summed E-state index contributed by atoms with van der Waals surface area (Å²) < 4.78 is 5.98. The molecule has 158 valence electrons. The van der Waals surface area contributed by atoms with Gasteiger partial charge in [-0.15, -0.1) is 0 Å². The van der Waals surface area contributed by atoms with Crippen molar-refractivity contribution in [1.82, 2.24) is 9.80 Å². The lowest BCUT2D eigenvalue weighted by atomic mass is 9.96. The van der Waals surface area contributed by atoms with Crippen LogP contribution in [0, 0.1) is 0 Å². The maximum atomic E-state index is 13.1. The van der Waals surface area contributed by atoms with Gasteiger partial charge < -0.3 is 15.0 Å². The zero-order valence-corrected chi connectivity index (χ0v) is 18.0. The van der Waals surface area contributed by atoms with Gasteiger partial charge in [-0.1, -0.05) is 42.8 Å². The van der Waals surface area contributed by atoms with Gasteiger partial charge in [0.25, 0.3) is 5.91 Å². The average Bonchev–Trinajstić information content (AvgIpc) is 3.04. The van der Waals surface area contributed by atoms with Crippen molar-refractivity contribution in [2.45, 2.75) is 25.9 Å². The highest BCUT2D eigenvalue weighted by Gasteiger charge is 2.33. The van der Waals surface area contributed by atoms with E-state index >= 15 is 0 Å². The molecule has 0 aromatic heterocycles. The fourth-order valence-electron chi connectivity index (χ4n) is 3.99. The van der Waals surface area contributed by atoms with E-state index in [9.17, 15) is 9.59 Å². The first-order valence-corrected chi connectivity index (χ1v) is 10.7. The summed E-state index contributed by atoms with van der Waals surface area (Å²) in [7, 11) is 0. The highest BCUT2D eigenvalue weighted by molar-refractivity contribution is 6.33. The van der Waals surface area contributed by atoms with Crippen molar-refractivity contribution < 1.29 is 14.3 Å². The van der Waals surface area contributed by atoms with Crippen LogP contribution in [0.15, 0.2) is 42.5 Å². The van der Waals surface area contributed by atoms with Gasteiger partial charge in [-0.05, 0) is 25.1 Å². The fourth-order valence-corrected chi connectivity index (χ4v) is 4.17. The molecule has 0 aliphatic carbocycles. The Morgan fingerprint density at radius 2 is 1.80 bits per heavy atom. The number of benzene rings is 2. The van der Waals surface area contributed by atoms with Gasteiger partial charge in [0.15, 0.2) is 0 Å². The van der Waals surface area contributed by atoms with Crippen LogP contribution in [0.5, 0.6) is 5.75 Å². The minimum absolute atomic E-state index is 0.00619. The maximum Gasteiger partial charge on any atom is 0.257 e. The van der Waals surface area contributed by atoms with Crippen LogP contribution in [-0.2, 0) is 4.79 Å². The monoisotopic (exact) mass is 427 g/mol. The molecule has 2 aliphatic rings. The van der Waals surface area contributed by atoms with Crippen LogP contribution >= 0.6 is 11.6 Å². The number of piperazine rings is 1. The summed E-state index contributed by atoms with van der Waals surface area (Å²) in [6, 6.07) is 13.0. The fraction of sp³-hybridized carbons (Fsp3) is 0.391. The SMILES string of the molecule is C[C@@H]1c2cccc(C(=O)N3CCN(CC(=O)Nc4ccccc4Cl)CC3)c2O[C@@H]1C. The van der Waals surface area contributed by atoms with Gasteiger partial charge in [-0.3, -0.25) is 14.5 Å². The Morgan fingerprint density at radius 3 is 2.53 bits per heavy atom. The largest absolute Gasteiger partial charge is 0.489 e. The third kappa shape index (κ3) is 4.16. The minimum atomic E-state index is -0.111. The molecule has 0 radical (unpaired) electrons. The third-order valence-electron chi connectivity index (χ3n) is 5.95. The molecule has 0 bridgehead atoms. The number of anilines is 1. The Labute approximate surface area is 181 Å². The van der Waals surface area contributed by atoms with Crippen LogP contribution in [0.2, 0.25) is 5.02 Å².